The molecule has 3 aromatic carbocycles. The Morgan fingerprint density at radius 1 is 1.08 bits per heavy atom. The Hall–Kier alpha value is -3.82. The number of thioether (sulfide) groups is 1. The topological polar surface area (TPSA) is 109 Å². The summed E-state index contributed by atoms with van der Waals surface area (Å²) in [5, 5.41) is 11.5. The molecular weight excluding hydrogens is 617 g/mol. The smallest absolute Gasteiger partial charge is 0.294 e. The summed E-state index contributed by atoms with van der Waals surface area (Å²) in [5.74, 6) is -0.0547. The van der Waals surface area contributed by atoms with E-state index in [-0.39, 0.29) is 18.1 Å². The largest absolute Gasteiger partial charge is 0.490 e. The monoisotopic (exact) mass is 639 g/mol. The van der Waals surface area contributed by atoms with E-state index in [4.69, 9.17) is 9.47 Å². The van der Waals surface area contributed by atoms with Crippen LogP contribution in [0.5, 0.6) is 11.5 Å². The van der Waals surface area contributed by atoms with Gasteiger partial charge in [0.1, 0.15) is 13.2 Å². The maximum absolute atomic E-state index is 12.9. The molecule has 3 aromatic rings. The first kappa shape index (κ1) is 27.2. The molecule has 4 rings (SSSR count). The van der Waals surface area contributed by atoms with Gasteiger partial charge in [-0.1, -0.05) is 24.3 Å². The molecule has 0 aromatic heterocycles. The summed E-state index contributed by atoms with van der Waals surface area (Å²) >= 11 is 2.94. The summed E-state index contributed by atoms with van der Waals surface area (Å²) in [6.45, 7) is 2.04. The maximum Gasteiger partial charge on any atom is 0.294 e. The van der Waals surface area contributed by atoms with Gasteiger partial charge in [-0.3, -0.25) is 19.3 Å². The van der Waals surface area contributed by atoms with Gasteiger partial charge >= 0.3 is 0 Å². The van der Waals surface area contributed by atoms with Crippen molar-refractivity contribution in [1.29, 1.82) is 5.26 Å². The molecule has 0 bridgehead atoms. The van der Waals surface area contributed by atoms with Gasteiger partial charge in [0.2, 0.25) is 5.91 Å². The molecule has 192 valence electrons. The van der Waals surface area contributed by atoms with Gasteiger partial charge in [0.05, 0.1) is 23.1 Å². The number of hydrogen-bond acceptors (Lipinski definition) is 7. The highest BCUT2D eigenvalue weighted by molar-refractivity contribution is 14.1. The molecule has 38 heavy (non-hydrogen) atoms. The van der Waals surface area contributed by atoms with E-state index in [1.807, 2.05) is 31.2 Å². The van der Waals surface area contributed by atoms with Gasteiger partial charge in [0.25, 0.3) is 11.1 Å². The normalized spacial score (nSPS) is 13.9. The lowest BCUT2D eigenvalue weighted by Gasteiger charge is -2.13. The summed E-state index contributed by atoms with van der Waals surface area (Å²) in [6.07, 6.45) is 1.58. The third kappa shape index (κ3) is 6.73. The van der Waals surface area contributed by atoms with Crippen LogP contribution in [0.15, 0.2) is 71.6 Å². The first-order valence-corrected chi connectivity index (χ1v) is 13.5. The van der Waals surface area contributed by atoms with E-state index >= 15 is 0 Å². The number of amides is 3. The fourth-order valence-electron chi connectivity index (χ4n) is 3.58. The van der Waals surface area contributed by atoms with Crippen LogP contribution in [0.1, 0.15) is 23.6 Å². The van der Waals surface area contributed by atoms with Crippen molar-refractivity contribution in [3.05, 3.63) is 91.9 Å². The quantitative estimate of drug-likeness (QED) is 0.232. The van der Waals surface area contributed by atoms with Crippen molar-refractivity contribution < 1.29 is 23.9 Å². The number of carbonyl (C=O) groups is 3. The van der Waals surface area contributed by atoms with Gasteiger partial charge in [0, 0.05) is 14.8 Å². The van der Waals surface area contributed by atoms with Crippen LogP contribution in [-0.4, -0.2) is 35.1 Å². The van der Waals surface area contributed by atoms with Crippen molar-refractivity contribution in [1.82, 2.24) is 4.90 Å². The molecule has 1 N–H and O–H groups in total. The van der Waals surface area contributed by atoms with E-state index < -0.39 is 17.1 Å². The Labute approximate surface area is 237 Å². The number of halogens is 1. The Kier molecular flexibility index (Phi) is 9.04. The molecule has 1 aliphatic heterocycles. The Morgan fingerprint density at radius 2 is 1.84 bits per heavy atom. The first-order chi connectivity index (χ1) is 18.4. The first-order valence-electron chi connectivity index (χ1n) is 11.6. The highest BCUT2D eigenvalue weighted by Crippen LogP contribution is 2.35. The van der Waals surface area contributed by atoms with E-state index in [0.717, 1.165) is 25.8 Å². The summed E-state index contributed by atoms with van der Waals surface area (Å²) in [7, 11) is 0. The lowest BCUT2D eigenvalue weighted by atomic mass is 10.1. The molecular formula is C28H22IN3O5S. The summed E-state index contributed by atoms with van der Waals surface area (Å²) < 4.78 is 12.7. The lowest BCUT2D eigenvalue weighted by Crippen LogP contribution is -2.36. The van der Waals surface area contributed by atoms with Crippen LogP contribution in [0, 0.1) is 14.9 Å². The van der Waals surface area contributed by atoms with E-state index in [1.165, 1.54) is 0 Å². The standard InChI is InChI=1S/C28H22IN3O5S/c1-2-36-24-13-18(7-12-23(24)37-17-20-6-4-3-5-19(20)15-30)14-25-27(34)32(28(35)38-25)16-26(33)31-22-10-8-21(29)9-11-22/h3-14H,2,16-17H2,1H3,(H,31,33)/b25-14-. The average Bonchev–Trinajstić information content (AvgIpc) is 3.17. The number of rotatable bonds is 9. The number of carbonyl (C=O) groups excluding carboxylic acids is 3. The van der Waals surface area contributed by atoms with Crippen LogP contribution in [0.4, 0.5) is 10.5 Å². The molecule has 1 saturated heterocycles. The van der Waals surface area contributed by atoms with Crippen molar-refractivity contribution in [3.8, 4) is 17.6 Å². The summed E-state index contributed by atoms with van der Waals surface area (Å²) in [6, 6.07) is 21.7. The Morgan fingerprint density at radius 3 is 2.58 bits per heavy atom. The van der Waals surface area contributed by atoms with E-state index in [9.17, 15) is 19.6 Å². The summed E-state index contributed by atoms with van der Waals surface area (Å²) in [4.78, 5) is 39.0. The molecule has 0 spiro atoms. The van der Waals surface area contributed by atoms with Crippen molar-refractivity contribution in [2.75, 3.05) is 18.5 Å². The van der Waals surface area contributed by atoms with Crippen LogP contribution >= 0.6 is 34.4 Å². The number of nitrogens with zero attached hydrogens (tertiary/aromatic N) is 2. The molecule has 10 heteroatoms. The molecule has 0 unspecified atom stereocenters. The fourth-order valence-corrected chi connectivity index (χ4v) is 4.78. The minimum Gasteiger partial charge on any atom is -0.490 e. The highest BCUT2D eigenvalue weighted by Gasteiger charge is 2.36. The second kappa shape index (κ2) is 12.6. The minimum atomic E-state index is -0.538. The van der Waals surface area contributed by atoms with Gasteiger partial charge in [0.15, 0.2) is 11.5 Å². The number of anilines is 1. The molecule has 8 nitrogen and oxygen atoms in total. The Bertz CT molecular complexity index is 1450. The van der Waals surface area contributed by atoms with Crippen molar-refractivity contribution >= 4 is 63.2 Å². The number of benzene rings is 3. The van der Waals surface area contributed by atoms with Gasteiger partial charge in [-0.05, 0) is 95.4 Å². The van der Waals surface area contributed by atoms with Crippen LogP contribution in [-0.2, 0) is 16.2 Å². The average molecular weight is 639 g/mol. The van der Waals surface area contributed by atoms with Crippen LogP contribution in [0.2, 0.25) is 0 Å². The molecule has 1 fully saturated rings. The highest BCUT2D eigenvalue weighted by atomic mass is 127. The maximum atomic E-state index is 12.9. The molecule has 1 heterocycles. The molecule has 0 atom stereocenters. The van der Waals surface area contributed by atoms with Crippen molar-refractivity contribution in [2.24, 2.45) is 0 Å². The van der Waals surface area contributed by atoms with E-state index in [0.29, 0.717) is 34.9 Å². The molecule has 0 radical (unpaired) electrons. The zero-order valence-corrected chi connectivity index (χ0v) is 23.2. The number of nitrogens with one attached hydrogen (secondary N) is 1. The van der Waals surface area contributed by atoms with Crippen LogP contribution in [0.25, 0.3) is 6.08 Å². The van der Waals surface area contributed by atoms with E-state index in [1.54, 1.807) is 48.5 Å². The SMILES string of the molecule is CCOc1cc(/C=C2\SC(=O)N(CC(=O)Nc3ccc(I)cc3)C2=O)ccc1OCc1ccccc1C#N. The van der Waals surface area contributed by atoms with Crippen molar-refractivity contribution in [2.45, 2.75) is 13.5 Å². The second-order valence-corrected chi connectivity index (χ2v) is 10.3. The third-order valence-corrected chi connectivity index (χ3v) is 7.02. The minimum absolute atomic E-state index is 0.187. The predicted octanol–water partition coefficient (Wildman–Crippen LogP) is 5.82. The summed E-state index contributed by atoms with van der Waals surface area (Å²) in [5.41, 5.74) is 2.50. The molecule has 3 amide bonds. The third-order valence-electron chi connectivity index (χ3n) is 5.39. The molecule has 0 saturated carbocycles. The van der Waals surface area contributed by atoms with Crippen LogP contribution < -0.4 is 14.8 Å². The zero-order valence-electron chi connectivity index (χ0n) is 20.3. The van der Waals surface area contributed by atoms with Gasteiger partial charge in [-0.15, -0.1) is 0 Å². The Balaban J connectivity index is 1.45. The second-order valence-electron chi connectivity index (χ2n) is 8.02. The fraction of sp³-hybridized carbons (Fsp3) is 0.143. The van der Waals surface area contributed by atoms with Gasteiger partial charge in [-0.25, -0.2) is 0 Å². The lowest BCUT2D eigenvalue weighted by molar-refractivity contribution is -0.127. The van der Waals surface area contributed by atoms with Gasteiger partial charge in [-0.2, -0.15) is 5.26 Å². The molecule has 0 aliphatic carbocycles. The van der Waals surface area contributed by atoms with E-state index in [2.05, 4.69) is 34.0 Å². The van der Waals surface area contributed by atoms with Crippen LogP contribution in [0.3, 0.4) is 0 Å². The number of hydrogen-bond donors (Lipinski definition) is 1. The zero-order chi connectivity index (χ0) is 27.1. The number of nitriles is 1. The number of imide groups is 1. The number of ether oxygens (including phenoxy) is 2. The van der Waals surface area contributed by atoms with Crippen molar-refractivity contribution in [3.63, 3.8) is 0 Å². The van der Waals surface area contributed by atoms with Gasteiger partial charge < -0.3 is 14.8 Å². The predicted molar refractivity (Wildman–Crippen MR) is 154 cm³/mol. The molecule has 1 aliphatic rings.